The third-order valence-electron chi connectivity index (χ3n) is 4.72. The van der Waals surface area contributed by atoms with E-state index in [-0.39, 0.29) is 5.91 Å². The van der Waals surface area contributed by atoms with Gasteiger partial charge in [0.1, 0.15) is 18.3 Å². The summed E-state index contributed by atoms with van der Waals surface area (Å²) in [5.74, 6) is -1.87. The molecular weight excluding hydrogens is 338 g/mol. The molecule has 7 nitrogen and oxygen atoms in total. The lowest BCUT2D eigenvalue weighted by Gasteiger charge is -2.36. The maximum absolute atomic E-state index is 12.8. The van der Waals surface area contributed by atoms with E-state index in [0.29, 0.717) is 6.54 Å². The molecule has 0 saturated carbocycles. The molecule has 3 heterocycles. The highest BCUT2D eigenvalue weighted by Gasteiger charge is 2.62. The van der Waals surface area contributed by atoms with E-state index in [2.05, 4.69) is 5.32 Å². The zero-order valence-corrected chi connectivity index (χ0v) is 15.4. The Bertz CT molecular complexity index is 676. The molecule has 3 saturated heterocycles. The van der Waals surface area contributed by atoms with E-state index in [1.807, 2.05) is 58.0 Å². The minimum Gasteiger partial charge on any atom is -0.350 e. The van der Waals surface area contributed by atoms with Gasteiger partial charge in [0.15, 0.2) is 24.0 Å². The normalized spacial score (nSPS) is 37.0. The summed E-state index contributed by atoms with van der Waals surface area (Å²) in [7, 11) is 0. The first kappa shape index (κ1) is 17.9. The van der Waals surface area contributed by atoms with E-state index in [9.17, 15) is 4.79 Å². The zero-order valence-electron chi connectivity index (χ0n) is 15.4. The van der Waals surface area contributed by atoms with Gasteiger partial charge in [-0.25, -0.2) is 0 Å². The van der Waals surface area contributed by atoms with E-state index < -0.39 is 42.3 Å². The van der Waals surface area contributed by atoms with E-state index in [0.717, 1.165) is 5.56 Å². The van der Waals surface area contributed by atoms with Crippen LogP contribution in [0.4, 0.5) is 0 Å². The summed E-state index contributed by atoms with van der Waals surface area (Å²) >= 11 is 0. The summed E-state index contributed by atoms with van der Waals surface area (Å²) in [6.45, 7) is 7.68. The molecule has 0 aromatic heterocycles. The fourth-order valence-electron chi connectivity index (χ4n) is 3.71. The first-order chi connectivity index (χ1) is 12.2. The number of carbonyl (C=O) groups is 1. The monoisotopic (exact) mass is 363 g/mol. The van der Waals surface area contributed by atoms with Crippen molar-refractivity contribution in [3.63, 3.8) is 0 Å². The molecule has 3 aliphatic rings. The van der Waals surface area contributed by atoms with Crippen molar-refractivity contribution in [1.82, 2.24) is 5.32 Å². The number of nitrogens with one attached hydrogen (secondary N) is 1. The zero-order chi connectivity index (χ0) is 18.5. The van der Waals surface area contributed by atoms with Crippen molar-refractivity contribution in [3.05, 3.63) is 35.9 Å². The molecule has 0 bridgehead atoms. The van der Waals surface area contributed by atoms with Crippen LogP contribution in [0.2, 0.25) is 0 Å². The third-order valence-corrected chi connectivity index (χ3v) is 4.72. The van der Waals surface area contributed by atoms with Crippen molar-refractivity contribution in [3.8, 4) is 0 Å². The second-order valence-corrected chi connectivity index (χ2v) is 7.79. The van der Waals surface area contributed by atoms with Gasteiger partial charge in [0.05, 0.1) is 0 Å². The molecule has 0 unspecified atom stereocenters. The van der Waals surface area contributed by atoms with Crippen molar-refractivity contribution >= 4 is 5.91 Å². The predicted molar refractivity (Wildman–Crippen MR) is 90.8 cm³/mol. The second-order valence-electron chi connectivity index (χ2n) is 7.79. The maximum atomic E-state index is 12.8. The number of hydrogen-bond donors (Lipinski definition) is 1. The number of ether oxygens (including phenoxy) is 5. The smallest absolute Gasteiger partial charge is 0.252 e. The summed E-state index contributed by atoms with van der Waals surface area (Å²) in [6.07, 6.45) is -2.92. The SMILES string of the molecule is CC1(C)O[C@H]2[C@@H](O1)[C@H](C(=O)NCc1ccccc1)O[C@@H]1OC(C)(C)O[C@@H]12. The molecule has 3 fully saturated rings. The number of hydrogen-bond acceptors (Lipinski definition) is 6. The molecule has 142 valence electrons. The maximum Gasteiger partial charge on any atom is 0.252 e. The highest BCUT2D eigenvalue weighted by atomic mass is 16.9. The summed E-state index contributed by atoms with van der Waals surface area (Å²) in [5.41, 5.74) is 1.01. The Hall–Kier alpha value is -1.51. The van der Waals surface area contributed by atoms with Gasteiger partial charge in [-0.3, -0.25) is 4.79 Å². The van der Waals surface area contributed by atoms with Gasteiger partial charge in [-0.05, 0) is 33.3 Å². The van der Waals surface area contributed by atoms with E-state index in [1.165, 1.54) is 0 Å². The fraction of sp³-hybridized carbons (Fsp3) is 0.632. The second kappa shape index (κ2) is 6.28. The van der Waals surface area contributed by atoms with Crippen LogP contribution in [-0.2, 0) is 35.0 Å². The lowest BCUT2D eigenvalue weighted by Crippen LogP contribution is -2.59. The first-order valence-electron chi connectivity index (χ1n) is 8.92. The molecule has 4 rings (SSSR count). The Morgan fingerprint density at radius 1 is 0.923 bits per heavy atom. The summed E-state index contributed by atoms with van der Waals surface area (Å²) < 4.78 is 29.7. The van der Waals surface area contributed by atoms with Gasteiger partial charge in [-0.1, -0.05) is 30.3 Å². The van der Waals surface area contributed by atoms with Crippen LogP contribution < -0.4 is 5.32 Å². The molecule has 26 heavy (non-hydrogen) atoms. The standard InChI is InChI=1S/C19H25NO6/c1-18(2)23-12-13(24-18)15-17(26-19(3,4)25-15)22-14(12)16(21)20-10-11-8-6-5-7-9-11/h5-9,12-15,17H,10H2,1-4H3,(H,20,21)/t12-,13+,14-,15-,17-/m1/s1. The fourth-order valence-corrected chi connectivity index (χ4v) is 3.71. The molecule has 0 aliphatic carbocycles. The lowest BCUT2D eigenvalue weighted by molar-refractivity contribution is -0.231. The van der Waals surface area contributed by atoms with Crippen molar-refractivity contribution in [2.24, 2.45) is 0 Å². The third kappa shape index (κ3) is 3.37. The number of amides is 1. The Morgan fingerprint density at radius 3 is 2.27 bits per heavy atom. The minimum absolute atomic E-state index is 0.253. The highest BCUT2D eigenvalue weighted by Crippen LogP contribution is 2.44. The topological polar surface area (TPSA) is 75.3 Å². The van der Waals surface area contributed by atoms with Crippen molar-refractivity contribution in [1.29, 1.82) is 0 Å². The number of fused-ring (bicyclic) bond motifs is 3. The van der Waals surface area contributed by atoms with Crippen molar-refractivity contribution in [2.75, 3.05) is 0 Å². The average Bonchev–Trinajstić information content (AvgIpc) is 3.06. The van der Waals surface area contributed by atoms with Crippen LogP contribution in [0, 0.1) is 0 Å². The summed E-state index contributed by atoms with van der Waals surface area (Å²) in [5, 5.41) is 2.91. The van der Waals surface area contributed by atoms with Crippen molar-refractivity contribution < 1.29 is 28.5 Å². The number of benzene rings is 1. The largest absolute Gasteiger partial charge is 0.350 e. The van der Waals surface area contributed by atoms with Gasteiger partial charge in [0.25, 0.3) is 5.91 Å². The quantitative estimate of drug-likeness (QED) is 0.881. The Morgan fingerprint density at radius 2 is 1.54 bits per heavy atom. The van der Waals surface area contributed by atoms with Crippen molar-refractivity contribution in [2.45, 2.75) is 76.5 Å². The van der Waals surface area contributed by atoms with Crippen LogP contribution in [0.25, 0.3) is 0 Å². The van der Waals surface area contributed by atoms with Gasteiger partial charge in [0, 0.05) is 6.54 Å². The summed E-state index contributed by atoms with van der Waals surface area (Å²) in [6, 6.07) is 9.71. The van der Waals surface area contributed by atoms with Gasteiger partial charge < -0.3 is 29.0 Å². The Kier molecular flexibility index (Phi) is 4.32. The molecule has 0 spiro atoms. The minimum atomic E-state index is -0.829. The molecule has 3 aliphatic heterocycles. The predicted octanol–water partition coefficient (Wildman–Crippen LogP) is 1.70. The number of rotatable bonds is 3. The Balaban J connectivity index is 1.51. The van der Waals surface area contributed by atoms with E-state index in [1.54, 1.807) is 0 Å². The van der Waals surface area contributed by atoms with Crippen LogP contribution in [0.1, 0.15) is 33.3 Å². The van der Waals surface area contributed by atoms with Gasteiger partial charge >= 0.3 is 0 Å². The molecule has 5 atom stereocenters. The summed E-state index contributed by atoms with van der Waals surface area (Å²) in [4.78, 5) is 12.8. The molecule has 1 aromatic rings. The van der Waals surface area contributed by atoms with Gasteiger partial charge in [-0.2, -0.15) is 0 Å². The van der Waals surface area contributed by atoms with Crippen LogP contribution in [0.5, 0.6) is 0 Å². The van der Waals surface area contributed by atoms with E-state index in [4.69, 9.17) is 23.7 Å². The average molecular weight is 363 g/mol. The molecule has 1 amide bonds. The van der Waals surface area contributed by atoms with Crippen LogP contribution in [-0.4, -0.2) is 48.2 Å². The Labute approximate surface area is 152 Å². The number of carbonyl (C=O) groups excluding carboxylic acids is 1. The van der Waals surface area contributed by atoms with Gasteiger partial charge in [-0.15, -0.1) is 0 Å². The first-order valence-corrected chi connectivity index (χ1v) is 8.92. The van der Waals surface area contributed by atoms with E-state index >= 15 is 0 Å². The molecule has 7 heteroatoms. The van der Waals surface area contributed by atoms with Crippen LogP contribution in [0.3, 0.4) is 0 Å². The van der Waals surface area contributed by atoms with Crippen LogP contribution >= 0.6 is 0 Å². The highest BCUT2D eigenvalue weighted by molar-refractivity contribution is 5.81. The molecule has 1 N–H and O–H groups in total. The van der Waals surface area contributed by atoms with Crippen LogP contribution in [0.15, 0.2) is 30.3 Å². The molecule has 0 radical (unpaired) electrons. The van der Waals surface area contributed by atoms with Gasteiger partial charge in [0.2, 0.25) is 0 Å². The molecule has 1 aromatic carbocycles. The lowest BCUT2D eigenvalue weighted by atomic mass is 9.98. The molecular formula is C19H25NO6.